The zero-order valence-electron chi connectivity index (χ0n) is 12.2. The number of nitrogens with one attached hydrogen (secondary N) is 1. The van der Waals surface area contributed by atoms with Crippen LogP contribution in [0.5, 0.6) is 0 Å². The van der Waals surface area contributed by atoms with E-state index in [1.165, 1.54) is 0 Å². The summed E-state index contributed by atoms with van der Waals surface area (Å²) in [5.41, 5.74) is 6.33. The molecule has 0 bridgehead atoms. The lowest BCUT2D eigenvalue weighted by atomic mass is 10.3. The van der Waals surface area contributed by atoms with Crippen LogP contribution in [0.3, 0.4) is 0 Å². The van der Waals surface area contributed by atoms with Gasteiger partial charge in [-0.25, -0.2) is 4.98 Å². The third-order valence-electron chi connectivity index (χ3n) is 3.46. The first-order chi connectivity index (χ1) is 10.1. The van der Waals surface area contributed by atoms with Crippen molar-refractivity contribution in [2.45, 2.75) is 19.1 Å². The summed E-state index contributed by atoms with van der Waals surface area (Å²) in [6, 6.07) is 0. The first-order valence-corrected chi connectivity index (χ1v) is 7.53. The van der Waals surface area contributed by atoms with E-state index in [0.717, 1.165) is 25.9 Å². The molecule has 2 heterocycles. The van der Waals surface area contributed by atoms with Crippen molar-refractivity contribution in [2.75, 3.05) is 49.8 Å². The average Bonchev–Trinajstić information content (AvgIpc) is 3.02. The summed E-state index contributed by atoms with van der Waals surface area (Å²) in [5, 5.41) is 3.81. The van der Waals surface area contributed by atoms with Gasteiger partial charge in [-0.15, -0.1) is 0 Å². The molecule has 1 saturated heterocycles. The molecule has 1 aromatic rings. The van der Waals surface area contributed by atoms with E-state index >= 15 is 0 Å². The predicted octanol–water partition coefficient (Wildman–Crippen LogP) is 2.60. The molecule has 1 aliphatic rings. The quantitative estimate of drug-likeness (QED) is 0.779. The van der Waals surface area contributed by atoms with Gasteiger partial charge in [-0.05, 0) is 12.8 Å². The fraction of sp³-hybridized carbons (Fsp3) is 0.615. The number of nitrogens with zero attached hydrogens (tertiary/aromatic N) is 2. The molecule has 118 valence electrons. The van der Waals surface area contributed by atoms with Crippen molar-refractivity contribution < 1.29 is 9.47 Å². The third-order valence-corrected chi connectivity index (χ3v) is 4.22. The van der Waals surface area contributed by atoms with Gasteiger partial charge in [0.1, 0.15) is 15.9 Å². The molecule has 0 unspecified atom stereocenters. The molecule has 1 aliphatic heterocycles. The summed E-state index contributed by atoms with van der Waals surface area (Å²) in [5.74, 6) is 1.16. The second-order valence-corrected chi connectivity index (χ2v) is 5.56. The monoisotopic (exact) mass is 334 g/mol. The van der Waals surface area contributed by atoms with E-state index in [2.05, 4.69) is 15.2 Å². The van der Waals surface area contributed by atoms with E-state index in [1.54, 1.807) is 14.2 Å². The van der Waals surface area contributed by atoms with Crippen LogP contribution in [0.4, 0.5) is 17.3 Å². The molecule has 3 N–H and O–H groups in total. The van der Waals surface area contributed by atoms with Crippen molar-refractivity contribution in [3.05, 3.63) is 10.0 Å². The number of pyridine rings is 1. The number of hydrogen-bond donors (Lipinski definition) is 2. The first-order valence-electron chi connectivity index (χ1n) is 6.77. The molecule has 8 heteroatoms. The minimum Gasteiger partial charge on any atom is -0.396 e. The minimum absolute atomic E-state index is 0.314. The molecular weight excluding hydrogens is 315 g/mol. The number of ether oxygens (including phenoxy) is 2. The van der Waals surface area contributed by atoms with Crippen molar-refractivity contribution in [1.82, 2.24) is 4.98 Å². The standard InChI is InChI=1S/C13H20Cl2N4O2/c1-20-8(21-2)7-17-12-9(14)11(16)10(15)13(18-12)19-5-3-4-6-19/h8H,3-7H2,1-2H3,(H3,16,17,18). The SMILES string of the molecule is COC(CNc1nc(N2CCCC2)c(Cl)c(N)c1Cl)OC. The average molecular weight is 335 g/mol. The number of nitrogen functional groups attached to an aromatic ring is 1. The molecule has 0 amide bonds. The first kappa shape index (κ1) is 16.4. The maximum atomic E-state index is 6.28. The van der Waals surface area contributed by atoms with Gasteiger partial charge in [-0.3, -0.25) is 0 Å². The zero-order valence-corrected chi connectivity index (χ0v) is 13.7. The fourth-order valence-electron chi connectivity index (χ4n) is 2.25. The Kier molecular flexibility index (Phi) is 5.75. The van der Waals surface area contributed by atoms with Crippen molar-refractivity contribution >= 4 is 40.5 Å². The molecular formula is C13H20Cl2N4O2. The summed E-state index contributed by atoms with van der Waals surface area (Å²) in [6.07, 6.45) is 1.85. The number of rotatable bonds is 6. The molecule has 21 heavy (non-hydrogen) atoms. The van der Waals surface area contributed by atoms with Gasteiger partial charge in [0.2, 0.25) is 0 Å². The molecule has 1 fully saturated rings. The second-order valence-electron chi connectivity index (χ2n) is 4.80. The van der Waals surface area contributed by atoms with Crippen LogP contribution in [0.15, 0.2) is 0 Å². The molecule has 0 radical (unpaired) electrons. The van der Waals surface area contributed by atoms with Crippen LogP contribution in [-0.2, 0) is 9.47 Å². The highest BCUT2D eigenvalue weighted by molar-refractivity contribution is 6.41. The van der Waals surface area contributed by atoms with Crippen LogP contribution in [0, 0.1) is 0 Å². The molecule has 0 aliphatic carbocycles. The summed E-state index contributed by atoms with van der Waals surface area (Å²) in [6.45, 7) is 2.25. The van der Waals surface area contributed by atoms with Crippen LogP contribution < -0.4 is 16.0 Å². The van der Waals surface area contributed by atoms with E-state index in [9.17, 15) is 0 Å². The Hall–Kier alpha value is -0.950. The molecule has 0 saturated carbocycles. The lowest BCUT2D eigenvalue weighted by Crippen LogP contribution is -2.25. The minimum atomic E-state index is -0.394. The van der Waals surface area contributed by atoms with Gasteiger partial charge in [0.25, 0.3) is 0 Å². The van der Waals surface area contributed by atoms with E-state index in [0.29, 0.717) is 33.9 Å². The van der Waals surface area contributed by atoms with Crippen LogP contribution in [0.25, 0.3) is 0 Å². The maximum absolute atomic E-state index is 6.28. The van der Waals surface area contributed by atoms with E-state index in [4.69, 9.17) is 38.4 Å². The molecule has 0 spiro atoms. The van der Waals surface area contributed by atoms with Crippen LogP contribution in [-0.4, -0.2) is 45.1 Å². The number of nitrogens with two attached hydrogens (primary N) is 1. The Morgan fingerprint density at radius 3 is 2.43 bits per heavy atom. The Labute approximate surface area is 134 Å². The van der Waals surface area contributed by atoms with Gasteiger partial charge in [0.15, 0.2) is 12.1 Å². The summed E-state index contributed by atoms with van der Waals surface area (Å²) in [7, 11) is 3.13. The molecule has 1 aromatic heterocycles. The number of halogens is 2. The van der Waals surface area contributed by atoms with Crippen molar-refractivity contribution in [3.8, 4) is 0 Å². The Bertz CT molecular complexity index is 492. The van der Waals surface area contributed by atoms with E-state index in [1.807, 2.05) is 0 Å². The van der Waals surface area contributed by atoms with Crippen molar-refractivity contribution in [2.24, 2.45) is 0 Å². The summed E-state index contributed by atoms with van der Waals surface area (Å²) >= 11 is 12.5. The van der Waals surface area contributed by atoms with Crippen molar-refractivity contribution in [1.29, 1.82) is 0 Å². The predicted molar refractivity (Wildman–Crippen MR) is 86.4 cm³/mol. The highest BCUT2D eigenvalue weighted by Gasteiger charge is 2.22. The lowest BCUT2D eigenvalue weighted by Gasteiger charge is -2.22. The molecule has 0 atom stereocenters. The van der Waals surface area contributed by atoms with Crippen molar-refractivity contribution in [3.63, 3.8) is 0 Å². The number of hydrogen-bond acceptors (Lipinski definition) is 6. The molecule has 6 nitrogen and oxygen atoms in total. The lowest BCUT2D eigenvalue weighted by molar-refractivity contribution is -0.0914. The molecule has 2 rings (SSSR count). The van der Waals surface area contributed by atoms with Crippen LogP contribution in [0.1, 0.15) is 12.8 Å². The van der Waals surface area contributed by atoms with Crippen LogP contribution in [0.2, 0.25) is 10.0 Å². The van der Waals surface area contributed by atoms with E-state index < -0.39 is 6.29 Å². The second kappa shape index (κ2) is 7.35. The maximum Gasteiger partial charge on any atom is 0.173 e. The molecule has 0 aromatic carbocycles. The van der Waals surface area contributed by atoms with Gasteiger partial charge in [0.05, 0.1) is 12.2 Å². The Balaban J connectivity index is 2.24. The highest BCUT2D eigenvalue weighted by Crippen LogP contribution is 2.39. The largest absolute Gasteiger partial charge is 0.396 e. The Morgan fingerprint density at radius 2 is 1.86 bits per heavy atom. The third kappa shape index (κ3) is 3.63. The number of methoxy groups -OCH3 is 2. The number of aromatic nitrogens is 1. The highest BCUT2D eigenvalue weighted by atomic mass is 35.5. The van der Waals surface area contributed by atoms with Gasteiger partial charge in [-0.2, -0.15) is 0 Å². The zero-order chi connectivity index (χ0) is 15.4. The summed E-state index contributed by atoms with van der Waals surface area (Å²) in [4.78, 5) is 6.63. The Morgan fingerprint density at radius 1 is 1.24 bits per heavy atom. The van der Waals surface area contributed by atoms with Gasteiger partial charge >= 0.3 is 0 Å². The van der Waals surface area contributed by atoms with Gasteiger partial charge < -0.3 is 25.4 Å². The van der Waals surface area contributed by atoms with Gasteiger partial charge in [-0.1, -0.05) is 23.2 Å². The topological polar surface area (TPSA) is 72.6 Å². The number of anilines is 3. The van der Waals surface area contributed by atoms with E-state index in [-0.39, 0.29) is 0 Å². The fourth-order valence-corrected chi connectivity index (χ4v) is 2.76. The summed E-state index contributed by atoms with van der Waals surface area (Å²) < 4.78 is 10.2. The van der Waals surface area contributed by atoms with Crippen LogP contribution >= 0.6 is 23.2 Å². The normalized spacial score (nSPS) is 15.0. The van der Waals surface area contributed by atoms with Gasteiger partial charge in [0, 0.05) is 27.3 Å². The smallest absolute Gasteiger partial charge is 0.173 e.